The lowest BCUT2D eigenvalue weighted by atomic mass is 10.1. The maximum Gasteiger partial charge on any atom is 0.131 e. The number of halogens is 1. The van der Waals surface area contributed by atoms with E-state index in [2.05, 4.69) is 63.5 Å². The zero-order valence-electron chi connectivity index (χ0n) is 12.5. The van der Waals surface area contributed by atoms with Crippen LogP contribution in [-0.4, -0.2) is 47.4 Å². The Bertz CT molecular complexity index is 429. The molecule has 0 N–H and O–H groups in total. The molecule has 1 saturated heterocycles. The van der Waals surface area contributed by atoms with Crippen molar-refractivity contribution < 1.29 is 0 Å². The van der Waals surface area contributed by atoms with Crippen LogP contribution in [0.4, 0.5) is 5.82 Å². The minimum Gasteiger partial charge on any atom is -0.352 e. The molecule has 2 heterocycles. The molecule has 1 aromatic heterocycles. The molecule has 0 aliphatic carbocycles. The highest BCUT2D eigenvalue weighted by Crippen LogP contribution is 2.29. The van der Waals surface area contributed by atoms with Gasteiger partial charge < -0.3 is 9.80 Å². The number of aromatic nitrogens is 2. The number of rotatable bonds is 3. The van der Waals surface area contributed by atoms with Crippen LogP contribution in [-0.2, 0) is 12.4 Å². The van der Waals surface area contributed by atoms with E-state index in [9.17, 15) is 0 Å². The summed E-state index contributed by atoms with van der Waals surface area (Å²) in [6.45, 7) is 7.84. The smallest absolute Gasteiger partial charge is 0.131 e. The lowest BCUT2D eigenvalue weighted by molar-refractivity contribution is 0.327. The first-order valence-electron chi connectivity index (χ1n) is 7.12. The monoisotopic (exact) mass is 328 g/mol. The van der Waals surface area contributed by atoms with Crippen LogP contribution in [0.3, 0.4) is 0 Å². The summed E-state index contributed by atoms with van der Waals surface area (Å²) in [5.74, 6) is 1.30. The van der Waals surface area contributed by atoms with Crippen LogP contribution >= 0.6 is 15.9 Å². The quantitative estimate of drug-likeness (QED) is 0.797. The Morgan fingerprint density at radius 1 is 1.32 bits per heavy atom. The van der Waals surface area contributed by atoms with Crippen LogP contribution in [0.2, 0.25) is 0 Å². The Labute approximate surface area is 124 Å². The molecule has 0 saturated carbocycles. The number of alkyl halides is 1. The van der Waals surface area contributed by atoms with Gasteiger partial charge in [-0.05, 0) is 33.4 Å². The lowest BCUT2D eigenvalue weighted by Gasteiger charge is -2.32. The molecular weight excluding hydrogens is 304 g/mol. The second-order valence-electron chi connectivity index (χ2n) is 5.52. The van der Waals surface area contributed by atoms with E-state index in [0.717, 1.165) is 24.1 Å². The number of nitrogens with zero attached hydrogens (tertiary/aromatic N) is 4. The Morgan fingerprint density at radius 2 is 2.05 bits per heavy atom. The number of hydrogen-bond donors (Lipinski definition) is 0. The van der Waals surface area contributed by atoms with Crippen molar-refractivity contribution in [2.75, 3.05) is 31.6 Å². The molecule has 0 spiro atoms. The summed E-state index contributed by atoms with van der Waals surface area (Å²) in [5, 5.41) is 5.49. The summed E-state index contributed by atoms with van der Waals surface area (Å²) >= 11 is 3.62. The van der Waals surface area contributed by atoms with Crippen LogP contribution in [0.1, 0.15) is 31.0 Å². The fourth-order valence-corrected chi connectivity index (χ4v) is 3.73. The Kier molecular flexibility index (Phi) is 4.90. The van der Waals surface area contributed by atoms with Gasteiger partial charge in [0.2, 0.25) is 0 Å². The van der Waals surface area contributed by atoms with Gasteiger partial charge in [0.1, 0.15) is 5.82 Å². The van der Waals surface area contributed by atoms with Gasteiger partial charge in [0.15, 0.2) is 0 Å². The average molecular weight is 329 g/mol. The molecule has 19 heavy (non-hydrogen) atoms. The van der Waals surface area contributed by atoms with E-state index in [4.69, 9.17) is 0 Å². The highest BCUT2D eigenvalue weighted by atomic mass is 79.9. The van der Waals surface area contributed by atoms with Crippen molar-refractivity contribution in [1.29, 1.82) is 0 Å². The maximum absolute atomic E-state index is 4.61. The Hall–Kier alpha value is -0.550. The fraction of sp³-hybridized carbons (Fsp3) is 0.786. The third kappa shape index (κ3) is 2.97. The number of anilines is 1. The van der Waals surface area contributed by atoms with E-state index >= 15 is 0 Å². The molecule has 108 valence electrons. The third-order valence-electron chi connectivity index (χ3n) is 4.09. The fourth-order valence-electron chi connectivity index (χ4n) is 3.08. The van der Waals surface area contributed by atoms with E-state index in [0.29, 0.717) is 6.04 Å². The minimum absolute atomic E-state index is 0.583. The van der Waals surface area contributed by atoms with Gasteiger partial charge in [-0.25, -0.2) is 0 Å². The molecule has 0 bridgehead atoms. The molecule has 4 nitrogen and oxygen atoms in total. The second-order valence-corrected chi connectivity index (χ2v) is 6.08. The molecule has 1 aliphatic rings. The molecule has 1 atom stereocenters. The van der Waals surface area contributed by atoms with Gasteiger partial charge in [-0.1, -0.05) is 22.9 Å². The summed E-state index contributed by atoms with van der Waals surface area (Å²) in [6.07, 6.45) is 2.40. The van der Waals surface area contributed by atoms with Crippen molar-refractivity contribution in [2.24, 2.45) is 7.05 Å². The van der Waals surface area contributed by atoms with Crippen LogP contribution in [0.15, 0.2) is 0 Å². The van der Waals surface area contributed by atoms with Crippen LogP contribution < -0.4 is 4.90 Å². The Morgan fingerprint density at radius 3 is 2.68 bits per heavy atom. The van der Waals surface area contributed by atoms with Crippen molar-refractivity contribution in [1.82, 2.24) is 14.7 Å². The topological polar surface area (TPSA) is 24.3 Å². The molecule has 1 aromatic rings. The van der Waals surface area contributed by atoms with Crippen molar-refractivity contribution in [2.45, 2.75) is 38.1 Å². The van der Waals surface area contributed by atoms with Crippen molar-refractivity contribution in [3.05, 3.63) is 11.3 Å². The number of aryl methyl sites for hydroxylation is 2. The summed E-state index contributed by atoms with van der Waals surface area (Å²) in [6, 6.07) is 0.583. The first kappa shape index (κ1) is 14.9. The van der Waals surface area contributed by atoms with Gasteiger partial charge in [-0.3, -0.25) is 4.68 Å². The Balaban J connectivity index is 2.37. The SMILES string of the molecule is CCC1CN(C)CCCN1c1c(CBr)c(C)nn1C. The molecule has 5 heteroatoms. The summed E-state index contributed by atoms with van der Waals surface area (Å²) in [5.41, 5.74) is 2.48. The van der Waals surface area contributed by atoms with Crippen LogP contribution in [0.25, 0.3) is 0 Å². The molecule has 2 rings (SSSR count). The zero-order valence-corrected chi connectivity index (χ0v) is 14.1. The third-order valence-corrected chi connectivity index (χ3v) is 4.65. The van der Waals surface area contributed by atoms with Gasteiger partial charge in [-0.15, -0.1) is 0 Å². The van der Waals surface area contributed by atoms with Gasteiger partial charge >= 0.3 is 0 Å². The molecule has 0 amide bonds. The number of hydrogen-bond acceptors (Lipinski definition) is 3. The molecule has 1 aliphatic heterocycles. The highest BCUT2D eigenvalue weighted by Gasteiger charge is 2.27. The predicted molar refractivity (Wildman–Crippen MR) is 84.1 cm³/mol. The lowest BCUT2D eigenvalue weighted by Crippen LogP contribution is -2.41. The van der Waals surface area contributed by atoms with E-state index in [1.165, 1.54) is 30.8 Å². The molecule has 1 fully saturated rings. The first-order chi connectivity index (χ1) is 9.08. The summed E-state index contributed by atoms with van der Waals surface area (Å²) in [7, 11) is 4.29. The standard InChI is InChI=1S/C14H25BrN4/c1-5-12-10-17(3)7-6-8-19(12)14-13(9-15)11(2)16-18(14)4/h12H,5-10H2,1-4H3. The van der Waals surface area contributed by atoms with Crippen molar-refractivity contribution >= 4 is 21.7 Å². The predicted octanol–water partition coefficient (Wildman–Crippen LogP) is 2.54. The van der Waals surface area contributed by atoms with Crippen LogP contribution in [0.5, 0.6) is 0 Å². The van der Waals surface area contributed by atoms with Crippen molar-refractivity contribution in [3.8, 4) is 0 Å². The molecular formula is C14H25BrN4. The summed E-state index contributed by atoms with van der Waals surface area (Å²) in [4.78, 5) is 5.02. The normalized spacial score (nSPS) is 21.7. The van der Waals surface area contributed by atoms with Crippen molar-refractivity contribution in [3.63, 3.8) is 0 Å². The van der Waals surface area contributed by atoms with E-state index < -0.39 is 0 Å². The van der Waals surface area contributed by atoms with E-state index in [1.807, 2.05) is 0 Å². The second kappa shape index (κ2) is 6.27. The van der Waals surface area contributed by atoms with E-state index in [1.54, 1.807) is 0 Å². The first-order valence-corrected chi connectivity index (χ1v) is 8.24. The van der Waals surface area contributed by atoms with Gasteiger partial charge in [0.05, 0.1) is 5.69 Å². The largest absolute Gasteiger partial charge is 0.352 e. The van der Waals surface area contributed by atoms with Gasteiger partial charge in [-0.2, -0.15) is 5.10 Å². The zero-order chi connectivity index (χ0) is 14.0. The van der Waals surface area contributed by atoms with Crippen LogP contribution in [0, 0.1) is 6.92 Å². The van der Waals surface area contributed by atoms with E-state index in [-0.39, 0.29) is 0 Å². The highest BCUT2D eigenvalue weighted by molar-refractivity contribution is 9.08. The molecule has 1 unspecified atom stereocenters. The molecule has 0 radical (unpaired) electrons. The average Bonchev–Trinajstić information content (AvgIpc) is 2.55. The number of likely N-dealkylation sites (N-methyl/N-ethyl adjacent to an activating group) is 1. The maximum atomic E-state index is 4.61. The summed E-state index contributed by atoms with van der Waals surface area (Å²) < 4.78 is 2.06. The molecule has 0 aromatic carbocycles. The van der Waals surface area contributed by atoms with Gasteiger partial charge in [0.25, 0.3) is 0 Å². The minimum atomic E-state index is 0.583. The van der Waals surface area contributed by atoms with Gasteiger partial charge in [0, 0.05) is 37.1 Å².